The summed E-state index contributed by atoms with van der Waals surface area (Å²) in [4.78, 5) is 31.6. The van der Waals surface area contributed by atoms with Gasteiger partial charge in [0.1, 0.15) is 22.3 Å². The Morgan fingerprint density at radius 3 is 2.57 bits per heavy atom. The summed E-state index contributed by atoms with van der Waals surface area (Å²) in [7, 11) is 0. The van der Waals surface area contributed by atoms with Gasteiger partial charge in [-0.1, -0.05) is 44.2 Å². The second-order valence-electron chi connectivity index (χ2n) is 9.93. The molecule has 0 bridgehead atoms. The van der Waals surface area contributed by atoms with Gasteiger partial charge in [-0.3, -0.25) is 9.69 Å². The van der Waals surface area contributed by atoms with E-state index in [1.165, 1.54) is 16.9 Å². The van der Waals surface area contributed by atoms with Crippen LogP contribution in [0.1, 0.15) is 53.3 Å². The predicted octanol–water partition coefficient (Wildman–Crippen LogP) is 4.42. The van der Waals surface area contributed by atoms with Crippen molar-refractivity contribution < 1.29 is 9.90 Å². The highest BCUT2D eigenvalue weighted by Crippen LogP contribution is 2.29. The number of aryl methyl sites for hydroxylation is 2. The summed E-state index contributed by atoms with van der Waals surface area (Å²) in [5.41, 5.74) is 3.07. The molecule has 37 heavy (non-hydrogen) atoms. The minimum atomic E-state index is -0.177. The number of amides is 1. The first-order chi connectivity index (χ1) is 17.7. The number of aliphatic hydroxyl groups is 1. The lowest BCUT2D eigenvalue weighted by atomic mass is 9.89. The van der Waals surface area contributed by atoms with Gasteiger partial charge >= 0.3 is 0 Å². The van der Waals surface area contributed by atoms with Gasteiger partial charge in [0.25, 0.3) is 5.91 Å². The molecule has 0 saturated carbocycles. The van der Waals surface area contributed by atoms with E-state index in [0.29, 0.717) is 40.0 Å². The molecule has 1 amide bonds. The summed E-state index contributed by atoms with van der Waals surface area (Å²) in [6.45, 7) is 14.8. The Labute approximate surface area is 223 Å². The maximum Gasteiger partial charge on any atom is 0.267 e. The first kappa shape index (κ1) is 27.0. The number of rotatable bonds is 9. The molecule has 0 aliphatic carbocycles. The zero-order valence-electron chi connectivity index (χ0n) is 22.3. The van der Waals surface area contributed by atoms with Crippen molar-refractivity contribution in [1.29, 1.82) is 0 Å². The van der Waals surface area contributed by atoms with E-state index in [2.05, 4.69) is 74.4 Å². The summed E-state index contributed by atoms with van der Waals surface area (Å²) in [5.74, 6) is 2.91. The molecule has 9 nitrogen and oxygen atoms in total. The van der Waals surface area contributed by atoms with Crippen molar-refractivity contribution in [2.75, 3.05) is 54.9 Å². The maximum absolute atomic E-state index is 13.0. The average molecular weight is 524 g/mol. The second kappa shape index (κ2) is 12.0. The van der Waals surface area contributed by atoms with Gasteiger partial charge in [-0.2, -0.15) is 0 Å². The van der Waals surface area contributed by atoms with Crippen molar-refractivity contribution in [1.82, 2.24) is 19.9 Å². The standard InChI is InChI=1S/C27H37N7O2S/c1-17(2)19(4)21-7-6-18(3)22(14-21)31-26(36)23-16-28-27(37-23)32-24-15-25(30-20(5)29-24)34-10-8-33(9-11-34)12-13-35/h6-7,14-17,19,35H,8-13H2,1-5H3,(H,31,36)(H,28,29,30,32). The SMILES string of the molecule is Cc1nc(Nc2ncc(C(=O)Nc3cc(C(C)C(C)C)ccc3C)s2)cc(N2CCN(CCO)CC2)n1. The molecule has 0 spiro atoms. The summed E-state index contributed by atoms with van der Waals surface area (Å²) in [5, 5.41) is 16.1. The molecular formula is C27H37N7O2S. The molecule has 1 atom stereocenters. The molecule has 1 saturated heterocycles. The van der Waals surface area contributed by atoms with E-state index in [9.17, 15) is 9.90 Å². The topological polar surface area (TPSA) is 107 Å². The number of piperazine rings is 1. The van der Waals surface area contributed by atoms with Gasteiger partial charge in [0, 0.05) is 44.5 Å². The predicted molar refractivity (Wildman–Crippen MR) is 150 cm³/mol. The second-order valence-corrected chi connectivity index (χ2v) is 11.0. The Hall–Kier alpha value is -3.08. The summed E-state index contributed by atoms with van der Waals surface area (Å²) in [6, 6.07) is 8.19. The van der Waals surface area contributed by atoms with Gasteiger partial charge in [0.15, 0.2) is 5.13 Å². The molecule has 10 heteroatoms. The first-order valence-electron chi connectivity index (χ1n) is 12.8. The highest BCUT2D eigenvalue weighted by molar-refractivity contribution is 7.17. The van der Waals surface area contributed by atoms with Gasteiger partial charge in [0.05, 0.1) is 12.8 Å². The number of hydrogen-bond donors (Lipinski definition) is 3. The minimum Gasteiger partial charge on any atom is -0.395 e. The lowest BCUT2D eigenvalue weighted by molar-refractivity contribution is 0.103. The van der Waals surface area contributed by atoms with Crippen molar-refractivity contribution in [3.8, 4) is 0 Å². The number of aliphatic hydroxyl groups excluding tert-OH is 1. The molecule has 1 aliphatic heterocycles. The van der Waals surface area contributed by atoms with Crippen LogP contribution in [-0.2, 0) is 0 Å². The van der Waals surface area contributed by atoms with Crippen LogP contribution in [0.5, 0.6) is 0 Å². The Bertz CT molecular complexity index is 1220. The van der Waals surface area contributed by atoms with Crippen LogP contribution >= 0.6 is 11.3 Å². The summed E-state index contributed by atoms with van der Waals surface area (Å²) >= 11 is 1.29. The first-order valence-corrected chi connectivity index (χ1v) is 13.6. The van der Waals surface area contributed by atoms with Crippen LogP contribution < -0.4 is 15.5 Å². The fourth-order valence-electron chi connectivity index (χ4n) is 4.29. The van der Waals surface area contributed by atoms with Crippen LogP contribution in [0.2, 0.25) is 0 Å². The van der Waals surface area contributed by atoms with Gasteiger partial charge in [-0.25, -0.2) is 15.0 Å². The Kier molecular flexibility index (Phi) is 8.73. The molecule has 1 unspecified atom stereocenters. The van der Waals surface area contributed by atoms with Crippen LogP contribution in [0.25, 0.3) is 0 Å². The van der Waals surface area contributed by atoms with E-state index in [0.717, 1.165) is 43.2 Å². The molecule has 1 aromatic carbocycles. The zero-order valence-corrected chi connectivity index (χ0v) is 23.1. The van der Waals surface area contributed by atoms with E-state index in [4.69, 9.17) is 0 Å². The highest BCUT2D eigenvalue weighted by atomic mass is 32.1. The van der Waals surface area contributed by atoms with E-state index in [1.54, 1.807) is 6.20 Å². The number of carbonyl (C=O) groups is 1. The molecule has 4 rings (SSSR count). The van der Waals surface area contributed by atoms with Gasteiger partial charge < -0.3 is 20.6 Å². The number of β-amino-alcohol motifs (C(OH)–C–C–N with tert-alkyl or cyclic N) is 1. The number of benzene rings is 1. The van der Waals surface area contributed by atoms with E-state index in [1.807, 2.05) is 19.9 Å². The molecule has 1 aliphatic rings. The molecule has 2 aromatic heterocycles. The van der Waals surface area contributed by atoms with Crippen LogP contribution in [0.15, 0.2) is 30.5 Å². The number of nitrogens with zero attached hydrogens (tertiary/aromatic N) is 5. The molecule has 198 valence electrons. The van der Waals surface area contributed by atoms with E-state index in [-0.39, 0.29) is 12.5 Å². The van der Waals surface area contributed by atoms with Gasteiger partial charge in [0.2, 0.25) is 0 Å². The maximum atomic E-state index is 13.0. The van der Waals surface area contributed by atoms with Crippen LogP contribution in [0.3, 0.4) is 0 Å². The van der Waals surface area contributed by atoms with Crippen LogP contribution in [-0.4, -0.2) is 70.2 Å². The van der Waals surface area contributed by atoms with Crippen molar-refractivity contribution in [3.05, 3.63) is 52.3 Å². The van der Waals surface area contributed by atoms with Gasteiger partial charge in [-0.05, 0) is 42.9 Å². The molecule has 0 radical (unpaired) electrons. The molecule has 3 heterocycles. The number of carbonyl (C=O) groups excluding carboxylic acids is 1. The Balaban J connectivity index is 1.43. The fourth-order valence-corrected chi connectivity index (χ4v) is 5.01. The number of aromatic nitrogens is 3. The lowest BCUT2D eigenvalue weighted by Crippen LogP contribution is -2.47. The average Bonchev–Trinajstić information content (AvgIpc) is 3.33. The zero-order chi connectivity index (χ0) is 26.5. The summed E-state index contributed by atoms with van der Waals surface area (Å²) < 4.78 is 0. The van der Waals surface area contributed by atoms with Crippen molar-refractivity contribution in [2.45, 2.75) is 40.5 Å². The molecule has 1 fully saturated rings. The summed E-state index contributed by atoms with van der Waals surface area (Å²) in [6.07, 6.45) is 1.59. The smallest absolute Gasteiger partial charge is 0.267 e. The number of nitrogens with one attached hydrogen (secondary N) is 2. The number of hydrogen-bond acceptors (Lipinski definition) is 9. The Morgan fingerprint density at radius 2 is 1.86 bits per heavy atom. The fraction of sp³-hybridized carbons (Fsp3) is 0.481. The third kappa shape index (κ3) is 6.82. The quantitative estimate of drug-likeness (QED) is 0.378. The third-order valence-corrected chi connectivity index (χ3v) is 7.85. The van der Waals surface area contributed by atoms with Crippen molar-refractivity contribution in [3.63, 3.8) is 0 Å². The van der Waals surface area contributed by atoms with E-state index >= 15 is 0 Å². The van der Waals surface area contributed by atoms with Gasteiger partial charge in [-0.15, -0.1) is 0 Å². The molecular weight excluding hydrogens is 486 g/mol. The van der Waals surface area contributed by atoms with E-state index < -0.39 is 0 Å². The van der Waals surface area contributed by atoms with Crippen molar-refractivity contribution >= 4 is 39.7 Å². The van der Waals surface area contributed by atoms with Crippen molar-refractivity contribution in [2.24, 2.45) is 5.92 Å². The van der Waals surface area contributed by atoms with Crippen LogP contribution in [0.4, 0.5) is 22.5 Å². The number of anilines is 4. The highest BCUT2D eigenvalue weighted by Gasteiger charge is 2.19. The minimum absolute atomic E-state index is 0.177. The third-order valence-electron chi connectivity index (χ3n) is 6.94. The lowest BCUT2D eigenvalue weighted by Gasteiger charge is -2.35. The number of thiazole rings is 1. The molecule has 3 N–H and O–H groups in total. The Morgan fingerprint density at radius 1 is 1.11 bits per heavy atom. The largest absolute Gasteiger partial charge is 0.395 e. The van der Waals surface area contributed by atoms with Crippen LogP contribution in [0, 0.1) is 19.8 Å². The molecule has 3 aromatic rings. The normalized spacial score (nSPS) is 15.2. The monoisotopic (exact) mass is 523 g/mol.